The smallest absolute Gasteiger partial charge is 0.274 e. The van der Waals surface area contributed by atoms with Gasteiger partial charge in [0.2, 0.25) is 0 Å². The Kier molecular flexibility index (Phi) is 4.20. The van der Waals surface area contributed by atoms with Crippen LogP contribution in [0.3, 0.4) is 0 Å². The van der Waals surface area contributed by atoms with E-state index in [4.69, 9.17) is 5.73 Å². The normalized spacial score (nSPS) is 18.5. The number of hydrogen-bond acceptors (Lipinski definition) is 3. The molecule has 22 heavy (non-hydrogen) atoms. The van der Waals surface area contributed by atoms with Gasteiger partial charge in [-0.05, 0) is 49.6 Å². The zero-order valence-corrected chi connectivity index (χ0v) is 12.3. The molecular weight excluding hydrogens is 283 g/mol. The van der Waals surface area contributed by atoms with E-state index in [1.165, 1.54) is 12.1 Å². The molecule has 1 unspecified atom stereocenters. The van der Waals surface area contributed by atoms with E-state index in [2.05, 4.69) is 5.10 Å². The molecule has 1 aliphatic rings. The number of halogens is 1. The van der Waals surface area contributed by atoms with Gasteiger partial charge in [0.05, 0.1) is 5.69 Å². The molecule has 1 aliphatic heterocycles. The fourth-order valence-corrected chi connectivity index (χ4v) is 2.84. The number of aromatic nitrogens is 2. The Morgan fingerprint density at radius 1 is 1.27 bits per heavy atom. The molecule has 1 aromatic carbocycles. The van der Waals surface area contributed by atoms with E-state index in [0.29, 0.717) is 12.2 Å². The molecule has 3 rings (SSSR count). The first-order chi connectivity index (χ1) is 10.7. The zero-order chi connectivity index (χ0) is 15.5. The average Bonchev–Trinajstić information content (AvgIpc) is 3.05. The van der Waals surface area contributed by atoms with Crippen LogP contribution in [-0.4, -0.2) is 39.7 Å². The Bertz CT molecular complexity index is 652. The second-order valence-electron chi connectivity index (χ2n) is 5.51. The minimum absolute atomic E-state index is 0.0870. The van der Waals surface area contributed by atoms with Crippen LogP contribution in [-0.2, 0) is 0 Å². The van der Waals surface area contributed by atoms with Gasteiger partial charge < -0.3 is 10.6 Å². The highest BCUT2D eigenvalue weighted by molar-refractivity contribution is 5.92. The number of hydrogen-bond donors (Lipinski definition) is 1. The van der Waals surface area contributed by atoms with Crippen molar-refractivity contribution in [2.75, 3.05) is 13.1 Å². The standard InChI is InChI=1S/C16H19FN4O/c17-12-4-6-13(7-5-12)21-10-8-15(19-21)16(22)20-9-2-1-3-14(20)11-18/h4-8,10,14H,1-3,9,11,18H2. The number of rotatable bonds is 3. The van der Waals surface area contributed by atoms with Gasteiger partial charge in [0.25, 0.3) is 5.91 Å². The largest absolute Gasteiger partial charge is 0.333 e. The first-order valence-corrected chi connectivity index (χ1v) is 7.51. The molecule has 2 heterocycles. The average molecular weight is 302 g/mol. The Morgan fingerprint density at radius 2 is 2.05 bits per heavy atom. The third-order valence-electron chi connectivity index (χ3n) is 4.06. The number of benzene rings is 1. The van der Waals surface area contributed by atoms with Gasteiger partial charge in [-0.1, -0.05) is 0 Å². The second kappa shape index (κ2) is 6.27. The number of carbonyl (C=O) groups excluding carboxylic acids is 1. The Morgan fingerprint density at radius 3 is 2.77 bits per heavy atom. The van der Waals surface area contributed by atoms with Crippen LogP contribution in [0, 0.1) is 5.82 Å². The van der Waals surface area contributed by atoms with E-state index in [9.17, 15) is 9.18 Å². The number of piperidine rings is 1. The van der Waals surface area contributed by atoms with E-state index in [1.807, 2.05) is 4.90 Å². The summed E-state index contributed by atoms with van der Waals surface area (Å²) in [5, 5.41) is 4.32. The van der Waals surface area contributed by atoms with Gasteiger partial charge in [-0.25, -0.2) is 9.07 Å². The van der Waals surface area contributed by atoms with Crippen LogP contribution in [0.4, 0.5) is 4.39 Å². The monoisotopic (exact) mass is 302 g/mol. The number of nitrogens with two attached hydrogens (primary N) is 1. The maximum Gasteiger partial charge on any atom is 0.274 e. The molecule has 1 aromatic heterocycles. The molecule has 0 saturated carbocycles. The quantitative estimate of drug-likeness (QED) is 0.942. The van der Waals surface area contributed by atoms with Crippen LogP contribution in [0.1, 0.15) is 29.8 Å². The van der Waals surface area contributed by atoms with Crippen molar-refractivity contribution in [1.29, 1.82) is 0 Å². The number of likely N-dealkylation sites (tertiary alicyclic amines) is 1. The highest BCUT2D eigenvalue weighted by atomic mass is 19.1. The van der Waals surface area contributed by atoms with E-state index >= 15 is 0 Å². The van der Waals surface area contributed by atoms with Crippen molar-refractivity contribution < 1.29 is 9.18 Å². The lowest BCUT2D eigenvalue weighted by Gasteiger charge is -2.34. The summed E-state index contributed by atoms with van der Waals surface area (Å²) < 4.78 is 14.5. The minimum Gasteiger partial charge on any atom is -0.333 e. The second-order valence-corrected chi connectivity index (χ2v) is 5.51. The number of carbonyl (C=O) groups is 1. The minimum atomic E-state index is -0.300. The molecule has 1 amide bonds. The Balaban J connectivity index is 1.80. The number of nitrogens with zero attached hydrogens (tertiary/aromatic N) is 3. The summed E-state index contributed by atoms with van der Waals surface area (Å²) in [6.07, 6.45) is 4.76. The summed E-state index contributed by atoms with van der Waals surface area (Å²) in [5.41, 5.74) is 6.88. The fourth-order valence-electron chi connectivity index (χ4n) is 2.84. The third-order valence-corrected chi connectivity index (χ3v) is 4.06. The molecule has 5 nitrogen and oxygen atoms in total. The van der Waals surface area contributed by atoms with Crippen molar-refractivity contribution in [3.63, 3.8) is 0 Å². The summed E-state index contributed by atoms with van der Waals surface area (Å²) in [5.74, 6) is -0.387. The summed E-state index contributed by atoms with van der Waals surface area (Å²) in [4.78, 5) is 14.4. The molecule has 0 bridgehead atoms. The van der Waals surface area contributed by atoms with Crippen LogP contribution < -0.4 is 5.73 Å². The summed E-state index contributed by atoms with van der Waals surface area (Å²) in [6.45, 7) is 1.20. The van der Waals surface area contributed by atoms with Crippen molar-refractivity contribution in [3.8, 4) is 5.69 Å². The predicted molar refractivity (Wildman–Crippen MR) is 81.3 cm³/mol. The third kappa shape index (κ3) is 2.87. The molecule has 6 heteroatoms. The van der Waals surface area contributed by atoms with Crippen molar-refractivity contribution in [2.45, 2.75) is 25.3 Å². The fraction of sp³-hybridized carbons (Fsp3) is 0.375. The maximum atomic E-state index is 13.0. The van der Waals surface area contributed by atoms with Gasteiger partial charge in [-0.15, -0.1) is 0 Å². The van der Waals surface area contributed by atoms with Gasteiger partial charge in [-0.3, -0.25) is 4.79 Å². The van der Waals surface area contributed by atoms with Crippen molar-refractivity contribution in [2.24, 2.45) is 5.73 Å². The summed E-state index contributed by atoms with van der Waals surface area (Å²) in [7, 11) is 0. The maximum absolute atomic E-state index is 13.0. The van der Waals surface area contributed by atoms with Crippen LogP contribution in [0.5, 0.6) is 0 Å². The van der Waals surface area contributed by atoms with Gasteiger partial charge in [0, 0.05) is 25.3 Å². The molecule has 2 aromatic rings. The van der Waals surface area contributed by atoms with E-state index in [1.54, 1.807) is 29.1 Å². The highest BCUT2D eigenvalue weighted by Crippen LogP contribution is 2.19. The van der Waals surface area contributed by atoms with Crippen molar-refractivity contribution in [1.82, 2.24) is 14.7 Å². The lowest BCUT2D eigenvalue weighted by atomic mass is 10.0. The van der Waals surface area contributed by atoms with Gasteiger partial charge in [-0.2, -0.15) is 5.10 Å². The molecule has 0 spiro atoms. The molecule has 0 aliphatic carbocycles. The van der Waals surface area contributed by atoms with Crippen molar-refractivity contribution in [3.05, 3.63) is 48.0 Å². The Hall–Kier alpha value is -2.21. The van der Waals surface area contributed by atoms with Gasteiger partial charge >= 0.3 is 0 Å². The van der Waals surface area contributed by atoms with Gasteiger partial charge in [0.1, 0.15) is 5.82 Å². The first kappa shape index (κ1) is 14.7. The molecule has 116 valence electrons. The van der Waals surface area contributed by atoms with E-state index in [-0.39, 0.29) is 17.8 Å². The SMILES string of the molecule is NCC1CCCCN1C(=O)c1ccn(-c2ccc(F)cc2)n1. The van der Waals surface area contributed by atoms with E-state index in [0.717, 1.165) is 31.5 Å². The molecular formula is C16H19FN4O. The first-order valence-electron chi connectivity index (χ1n) is 7.51. The van der Waals surface area contributed by atoms with Crippen LogP contribution in [0.2, 0.25) is 0 Å². The predicted octanol–water partition coefficient (Wildman–Crippen LogP) is 1.96. The van der Waals surface area contributed by atoms with Crippen molar-refractivity contribution >= 4 is 5.91 Å². The topological polar surface area (TPSA) is 64.2 Å². The van der Waals surface area contributed by atoms with Crippen LogP contribution in [0.25, 0.3) is 5.69 Å². The zero-order valence-electron chi connectivity index (χ0n) is 12.3. The molecule has 1 saturated heterocycles. The van der Waals surface area contributed by atoms with Crippen LogP contribution >= 0.6 is 0 Å². The summed E-state index contributed by atoms with van der Waals surface area (Å²) in [6, 6.07) is 7.77. The number of amides is 1. The van der Waals surface area contributed by atoms with Gasteiger partial charge in [0.15, 0.2) is 5.69 Å². The lowest BCUT2D eigenvalue weighted by molar-refractivity contribution is 0.0617. The molecule has 1 fully saturated rings. The molecule has 1 atom stereocenters. The highest BCUT2D eigenvalue weighted by Gasteiger charge is 2.27. The molecule has 2 N–H and O–H groups in total. The Labute approximate surface area is 128 Å². The van der Waals surface area contributed by atoms with E-state index < -0.39 is 0 Å². The lowest BCUT2D eigenvalue weighted by Crippen LogP contribution is -2.47. The molecule has 0 radical (unpaired) electrons. The van der Waals surface area contributed by atoms with Crippen LogP contribution in [0.15, 0.2) is 36.5 Å². The summed E-state index contributed by atoms with van der Waals surface area (Å²) >= 11 is 0.